The maximum atomic E-state index is 6.08. The second kappa shape index (κ2) is 8.50. The summed E-state index contributed by atoms with van der Waals surface area (Å²) in [5, 5.41) is 4.04. The zero-order valence-corrected chi connectivity index (χ0v) is 13.6. The summed E-state index contributed by atoms with van der Waals surface area (Å²) in [5.41, 5.74) is 6.61. The Morgan fingerprint density at radius 2 is 1.95 bits per heavy atom. The number of hydrogen-bond acceptors (Lipinski definition) is 3. The van der Waals surface area contributed by atoms with E-state index >= 15 is 0 Å². The quantitative estimate of drug-likeness (QED) is 0.724. The van der Waals surface area contributed by atoms with E-state index in [-0.39, 0.29) is 5.41 Å². The van der Waals surface area contributed by atoms with E-state index in [4.69, 9.17) is 22.1 Å². The van der Waals surface area contributed by atoms with Crippen LogP contribution in [0.15, 0.2) is 18.2 Å². The molecule has 0 atom stereocenters. The number of nitrogens with one attached hydrogen (secondary N) is 1. The van der Waals surface area contributed by atoms with Crippen LogP contribution in [-0.4, -0.2) is 26.2 Å². The fourth-order valence-electron chi connectivity index (χ4n) is 1.98. The molecule has 0 heterocycles. The molecular formula is C16H27ClN2O. The monoisotopic (exact) mass is 298 g/mol. The third-order valence-corrected chi connectivity index (χ3v) is 3.31. The lowest BCUT2D eigenvalue weighted by Crippen LogP contribution is -2.23. The van der Waals surface area contributed by atoms with Gasteiger partial charge in [0.15, 0.2) is 0 Å². The van der Waals surface area contributed by atoms with Gasteiger partial charge >= 0.3 is 0 Å². The van der Waals surface area contributed by atoms with Crippen LogP contribution in [0.5, 0.6) is 5.75 Å². The summed E-state index contributed by atoms with van der Waals surface area (Å²) in [4.78, 5) is 0. The lowest BCUT2D eigenvalue weighted by atomic mass is 9.86. The highest BCUT2D eigenvalue weighted by atomic mass is 35.5. The van der Waals surface area contributed by atoms with Crippen molar-refractivity contribution in [1.29, 1.82) is 0 Å². The number of halogens is 1. The number of rotatable bonds is 8. The zero-order valence-electron chi connectivity index (χ0n) is 12.8. The Morgan fingerprint density at radius 3 is 2.60 bits per heavy atom. The number of benzene rings is 1. The number of nitrogens with two attached hydrogens (primary N) is 1. The second-order valence-electron chi connectivity index (χ2n) is 5.98. The minimum atomic E-state index is 0.0307. The van der Waals surface area contributed by atoms with E-state index in [1.54, 1.807) is 0 Å². The third-order valence-electron chi connectivity index (χ3n) is 3.08. The van der Waals surface area contributed by atoms with Crippen molar-refractivity contribution in [3.8, 4) is 5.75 Å². The van der Waals surface area contributed by atoms with Crippen molar-refractivity contribution in [3.05, 3.63) is 28.8 Å². The second-order valence-corrected chi connectivity index (χ2v) is 6.42. The molecule has 0 aromatic heterocycles. The average Bonchev–Trinajstić information content (AvgIpc) is 2.38. The number of hydrogen-bond donors (Lipinski definition) is 2. The van der Waals surface area contributed by atoms with E-state index in [1.165, 1.54) is 0 Å². The minimum absolute atomic E-state index is 0.0307. The summed E-state index contributed by atoms with van der Waals surface area (Å²) < 4.78 is 5.91. The van der Waals surface area contributed by atoms with Crippen LogP contribution >= 0.6 is 11.6 Å². The summed E-state index contributed by atoms with van der Waals surface area (Å²) in [7, 11) is 0. The summed E-state index contributed by atoms with van der Waals surface area (Å²) in [6, 6.07) is 5.85. The summed E-state index contributed by atoms with van der Waals surface area (Å²) in [6.07, 6.45) is 2.13. The van der Waals surface area contributed by atoms with Crippen LogP contribution < -0.4 is 15.8 Å². The van der Waals surface area contributed by atoms with Crippen LogP contribution in [0.2, 0.25) is 5.02 Å². The molecule has 0 fully saturated rings. The first-order chi connectivity index (χ1) is 9.45. The summed E-state index contributed by atoms with van der Waals surface area (Å²) in [5.74, 6) is 0.941. The average molecular weight is 299 g/mol. The Hall–Kier alpha value is -0.770. The van der Waals surface area contributed by atoms with Crippen LogP contribution in [0.3, 0.4) is 0 Å². The standard InChI is InChI=1S/C16H27ClN2O/c1-16(2,3)14-12-13(17)6-7-15(14)20-11-5-4-9-19-10-8-18/h6-7,12,19H,4-5,8-11,18H2,1-3H3. The van der Waals surface area contributed by atoms with Gasteiger partial charge in [-0.05, 0) is 43.0 Å². The topological polar surface area (TPSA) is 47.3 Å². The Bertz CT molecular complexity index is 402. The number of ether oxygens (including phenoxy) is 1. The predicted molar refractivity (Wildman–Crippen MR) is 86.8 cm³/mol. The van der Waals surface area contributed by atoms with Gasteiger partial charge in [0, 0.05) is 23.7 Å². The van der Waals surface area contributed by atoms with Crippen molar-refractivity contribution in [2.75, 3.05) is 26.2 Å². The highest BCUT2D eigenvalue weighted by molar-refractivity contribution is 6.30. The molecule has 0 saturated carbocycles. The van der Waals surface area contributed by atoms with Gasteiger partial charge in [-0.3, -0.25) is 0 Å². The summed E-state index contributed by atoms with van der Waals surface area (Å²) in [6.45, 7) is 9.80. The van der Waals surface area contributed by atoms with Crippen molar-refractivity contribution >= 4 is 11.6 Å². The molecule has 0 aliphatic heterocycles. The van der Waals surface area contributed by atoms with Gasteiger partial charge in [0.2, 0.25) is 0 Å². The van der Waals surface area contributed by atoms with Gasteiger partial charge in [-0.1, -0.05) is 32.4 Å². The van der Waals surface area contributed by atoms with Crippen LogP contribution in [-0.2, 0) is 5.41 Å². The molecule has 0 aliphatic rings. The molecule has 0 aliphatic carbocycles. The molecular weight excluding hydrogens is 272 g/mol. The molecule has 0 radical (unpaired) electrons. The maximum absolute atomic E-state index is 6.08. The van der Waals surface area contributed by atoms with E-state index < -0.39 is 0 Å². The SMILES string of the molecule is CC(C)(C)c1cc(Cl)ccc1OCCCCNCCN. The lowest BCUT2D eigenvalue weighted by molar-refractivity contribution is 0.298. The Kier molecular flexibility index (Phi) is 7.35. The first kappa shape index (κ1) is 17.3. The maximum Gasteiger partial charge on any atom is 0.123 e. The van der Waals surface area contributed by atoms with Crippen LogP contribution in [0.1, 0.15) is 39.2 Å². The van der Waals surface area contributed by atoms with E-state index in [2.05, 4.69) is 26.1 Å². The number of unbranched alkanes of at least 4 members (excludes halogenated alkanes) is 1. The van der Waals surface area contributed by atoms with E-state index in [0.29, 0.717) is 6.54 Å². The normalized spacial score (nSPS) is 11.7. The third kappa shape index (κ3) is 6.12. The zero-order chi connectivity index (χ0) is 15.0. The van der Waals surface area contributed by atoms with Gasteiger partial charge in [0.05, 0.1) is 6.61 Å². The Labute approximate surface area is 127 Å². The molecule has 0 spiro atoms. The van der Waals surface area contributed by atoms with Crippen LogP contribution in [0.4, 0.5) is 0 Å². The predicted octanol–water partition coefficient (Wildman–Crippen LogP) is 3.34. The fourth-order valence-corrected chi connectivity index (χ4v) is 2.15. The molecule has 3 nitrogen and oxygen atoms in total. The van der Waals surface area contributed by atoms with Crippen LogP contribution in [0.25, 0.3) is 0 Å². The van der Waals surface area contributed by atoms with Gasteiger partial charge in [-0.25, -0.2) is 0 Å². The molecule has 0 unspecified atom stereocenters. The molecule has 20 heavy (non-hydrogen) atoms. The Balaban J connectivity index is 2.44. The van der Waals surface area contributed by atoms with Crippen molar-refractivity contribution in [2.24, 2.45) is 5.73 Å². The smallest absolute Gasteiger partial charge is 0.123 e. The van der Waals surface area contributed by atoms with Crippen LogP contribution in [0, 0.1) is 0 Å². The first-order valence-corrected chi connectivity index (χ1v) is 7.66. The van der Waals surface area contributed by atoms with Gasteiger partial charge in [0.25, 0.3) is 0 Å². The Morgan fingerprint density at radius 1 is 1.20 bits per heavy atom. The highest BCUT2D eigenvalue weighted by Gasteiger charge is 2.19. The van der Waals surface area contributed by atoms with Crippen molar-refractivity contribution in [1.82, 2.24) is 5.32 Å². The summed E-state index contributed by atoms with van der Waals surface area (Å²) >= 11 is 6.08. The highest BCUT2D eigenvalue weighted by Crippen LogP contribution is 2.33. The molecule has 0 amide bonds. The van der Waals surface area contributed by atoms with Gasteiger partial charge in [0.1, 0.15) is 5.75 Å². The van der Waals surface area contributed by atoms with E-state index in [0.717, 1.165) is 48.9 Å². The minimum Gasteiger partial charge on any atom is -0.493 e. The lowest BCUT2D eigenvalue weighted by Gasteiger charge is -2.23. The van der Waals surface area contributed by atoms with Gasteiger partial charge in [-0.15, -0.1) is 0 Å². The largest absolute Gasteiger partial charge is 0.493 e. The fraction of sp³-hybridized carbons (Fsp3) is 0.625. The molecule has 1 aromatic carbocycles. The van der Waals surface area contributed by atoms with Crippen molar-refractivity contribution < 1.29 is 4.74 Å². The van der Waals surface area contributed by atoms with Gasteiger partial charge in [-0.2, -0.15) is 0 Å². The van der Waals surface area contributed by atoms with E-state index in [1.807, 2.05) is 18.2 Å². The molecule has 0 saturated heterocycles. The van der Waals surface area contributed by atoms with Crippen molar-refractivity contribution in [3.63, 3.8) is 0 Å². The molecule has 0 bridgehead atoms. The van der Waals surface area contributed by atoms with E-state index in [9.17, 15) is 0 Å². The first-order valence-electron chi connectivity index (χ1n) is 7.29. The molecule has 3 N–H and O–H groups in total. The molecule has 1 aromatic rings. The molecule has 4 heteroatoms. The molecule has 114 valence electrons. The van der Waals surface area contributed by atoms with Crippen molar-refractivity contribution in [2.45, 2.75) is 39.0 Å². The van der Waals surface area contributed by atoms with Gasteiger partial charge < -0.3 is 15.8 Å². The molecule has 1 rings (SSSR count).